The van der Waals surface area contributed by atoms with Crippen LogP contribution in [-0.2, 0) is 4.74 Å². The summed E-state index contributed by atoms with van der Waals surface area (Å²) in [5, 5.41) is 0.857. The van der Waals surface area contributed by atoms with Crippen LogP contribution in [0.25, 0.3) is 11.0 Å². The molecule has 0 unspecified atom stereocenters. The topological polar surface area (TPSA) is 52.1 Å². The minimum Gasteiger partial charge on any atom is -0.465 e. The van der Waals surface area contributed by atoms with E-state index in [4.69, 9.17) is 11.6 Å². The first-order chi connectivity index (χ1) is 7.22. The van der Waals surface area contributed by atoms with Gasteiger partial charge in [0.05, 0.1) is 12.7 Å². The van der Waals surface area contributed by atoms with Crippen LogP contribution >= 0.6 is 11.6 Å². The van der Waals surface area contributed by atoms with Crippen LogP contribution < -0.4 is 0 Å². The van der Waals surface area contributed by atoms with Crippen molar-refractivity contribution in [1.82, 2.24) is 9.97 Å². The molecule has 0 bridgehead atoms. The Labute approximate surface area is 90.9 Å². The molecule has 4 nitrogen and oxygen atoms in total. The van der Waals surface area contributed by atoms with Gasteiger partial charge < -0.3 is 4.74 Å². The van der Waals surface area contributed by atoms with Crippen molar-refractivity contribution >= 4 is 28.6 Å². The molecule has 2 heterocycles. The van der Waals surface area contributed by atoms with Crippen molar-refractivity contribution in [3.8, 4) is 0 Å². The molecule has 0 saturated heterocycles. The molecule has 76 valence electrons. The summed E-state index contributed by atoms with van der Waals surface area (Å²) < 4.78 is 4.58. The number of carbonyl (C=O) groups excluding carboxylic acids is 1. The first kappa shape index (κ1) is 9.86. The van der Waals surface area contributed by atoms with Crippen molar-refractivity contribution in [3.63, 3.8) is 0 Å². The van der Waals surface area contributed by atoms with E-state index in [2.05, 4.69) is 14.7 Å². The Morgan fingerprint density at radius 3 is 3.07 bits per heavy atom. The number of carbonyl (C=O) groups is 1. The second kappa shape index (κ2) is 3.82. The summed E-state index contributed by atoms with van der Waals surface area (Å²) in [6.07, 6.45) is 1.61. The summed E-state index contributed by atoms with van der Waals surface area (Å²) in [7, 11) is 1.30. The number of aromatic nitrogens is 2. The van der Waals surface area contributed by atoms with Gasteiger partial charge in [-0.1, -0.05) is 11.6 Å². The van der Waals surface area contributed by atoms with Crippen LogP contribution in [0.5, 0.6) is 0 Å². The van der Waals surface area contributed by atoms with E-state index < -0.39 is 5.97 Å². The van der Waals surface area contributed by atoms with E-state index in [0.717, 1.165) is 5.39 Å². The van der Waals surface area contributed by atoms with Gasteiger partial charge in [-0.15, -0.1) is 0 Å². The van der Waals surface area contributed by atoms with Crippen LogP contribution in [0.3, 0.4) is 0 Å². The van der Waals surface area contributed by atoms with Crippen LogP contribution in [0.1, 0.15) is 10.4 Å². The normalized spacial score (nSPS) is 10.3. The number of hydrogen-bond acceptors (Lipinski definition) is 4. The van der Waals surface area contributed by atoms with E-state index in [0.29, 0.717) is 5.65 Å². The monoisotopic (exact) mass is 222 g/mol. The Bertz CT molecular complexity index is 528. The smallest absolute Gasteiger partial charge is 0.341 e. The molecule has 0 radical (unpaired) electrons. The molecule has 0 fully saturated rings. The Balaban J connectivity index is 2.67. The summed E-state index contributed by atoms with van der Waals surface area (Å²) in [6.45, 7) is 0. The molecule has 0 aromatic carbocycles. The van der Waals surface area contributed by atoms with Gasteiger partial charge in [0, 0.05) is 11.6 Å². The molecule has 15 heavy (non-hydrogen) atoms. The van der Waals surface area contributed by atoms with Crippen LogP contribution in [0.2, 0.25) is 5.15 Å². The minimum absolute atomic E-state index is 0.105. The molecular weight excluding hydrogens is 216 g/mol. The average molecular weight is 223 g/mol. The second-order valence-electron chi connectivity index (χ2n) is 2.87. The zero-order valence-corrected chi connectivity index (χ0v) is 8.65. The summed E-state index contributed by atoms with van der Waals surface area (Å²) in [5.74, 6) is -0.502. The maximum atomic E-state index is 11.3. The summed E-state index contributed by atoms with van der Waals surface area (Å²) >= 11 is 5.82. The molecule has 2 rings (SSSR count). The fourth-order valence-electron chi connectivity index (χ4n) is 1.24. The van der Waals surface area contributed by atoms with Gasteiger partial charge in [0.15, 0.2) is 5.65 Å². The zero-order chi connectivity index (χ0) is 10.8. The highest BCUT2D eigenvalue weighted by atomic mass is 35.5. The number of ether oxygens (including phenoxy) is 1. The van der Waals surface area contributed by atoms with Crippen molar-refractivity contribution in [3.05, 3.63) is 35.1 Å². The van der Waals surface area contributed by atoms with Crippen LogP contribution in [0.15, 0.2) is 24.4 Å². The summed E-state index contributed by atoms with van der Waals surface area (Å²) in [4.78, 5) is 19.3. The molecule has 0 spiro atoms. The molecule has 0 aliphatic carbocycles. The second-order valence-corrected chi connectivity index (χ2v) is 3.23. The van der Waals surface area contributed by atoms with Crippen molar-refractivity contribution in [2.45, 2.75) is 0 Å². The van der Waals surface area contributed by atoms with Crippen molar-refractivity contribution < 1.29 is 9.53 Å². The third-order valence-corrected chi connectivity index (χ3v) is 2.24. The molecule has 2 aromatic rings. The highest BCUT2D eigenvalue weighted by Gasteiger charge is 2.13. The van der Waals surface area contributed by atoms with Gasteiger partial charge >= 0.3 is 5.97 Å². The molecular formula is C10H7ClN2O2. The maximum absolute atomic E-state index is 11.3. The van der Waals surface area contributed by atoms with Gasteiger partial charge in [0.1, 0.15) is 5.15 Å². The SMILES string of the molecule is COC(=O)c1cc2cccnc2nc1Cl. The number of pyridine rings is 2. The third kappa shape index (κ3) is 1.76. The highest BCUT2D eigenvalue weighted by Crippen LogP contribution is 2.19. The van der Waals surface area contributed by atoms with Gasteiger partial charge in [-0.3, -0.25) is 0 Å². The van der Waals surface area contributed by atoms with Crippen molar-refractivity contribution in [1.29, 1.82) is 0 Å². The quantitative estimate of drug-likeness (QED) is 0.548. The lowest BCUT2D eigenvalue weighted by Gasteiger charge is -2.02. The molecule has 0 N–H and O–H groups in total. The van der Waals surface area contributed by atoms with E-state index in [1.807, 2.05) is 0 Å². The van der Waals surface area contributed by atoms with Gasteiger partial charge in [0.25, 0.3) is 0 Å². The first-order valence-electron chi connectivity index (χ1n) is 4.22. The van der Waals surface area contributed by atoms with E-state index in [1.54, 1.807) is 24.4 Å². The molecule has 5 heteroatoms. The fraction of sp³-hybridized carbons (Fsp3) is 0.100. The molecule has 0 amide bonds. The lowest BCUT2D eigenvalue weighted by molar-refractivity contribution is 0.0600. The zero-order valence-electron chi connectivity index (χ0n) is 7.90. The largest absolute Gasteiger partial charge is 0.465 e. The minimum atomic E-state index is -0.502. The van der Waals surface area contributed by atoms with E-state index in [-0.39, 0.29) is 10.7 Å². The number of nitrogens with zero attached hydrogens (tertiary/aromatic N) is 2. The summed E-state index contributed by atoms with van der Waals surface area (Å²) in [5.41, 5.74) is 0.759. The Kier molecular flexibility index (Phi) is 2.51. The van der Waals surface area contributed by atoms with Crippen molar-refractivity contribution in [2.75, 3.05) is 7.11 Å². The molecule has 0 aliphatic rings. The number of halogens is 1. The predicted molar refractivity (Wildman–Crippen MR) is 55.9 cm³/mol. The fourth-order valence-corrected chi connectivity index (χ4v) is 1.45. The summed E-state index contributed by atoms with van der Waals surface area (Å²) in [6, 6.07) is 5.18. The van der Waals surface area contributed by atoms with E-state index in [1.165, 1.54) is 7.11 Å². The lowest BCUT2D eigenvalue weighted by Crippen LogP contribution is -2.03. The average Bonchev–Trinajstić information content (AvgIpc) is 2.27. The van der Waals surface area contributed by atoms with Gasteiger partial charge in [-0.2, -0.15) is 0 Å². The first-order valence-corrected chi connectivity index (χ1v) is 4.60. The van der Waals surface area contributed by atoms with Gasteiger partial charge in [0.2, 0.25) is 0 Å². The highest BCUT2D eigenvalue weighted by molar-refractivity contribution is 6.32. The molecule has 2 aromatic heterocycles. The Morgan fingerprint density at radius 1 is 1.53 bits per heavy atom. The third-order valence-electron chi connectivity index (χ3n) is 1.95. The number of esters is 1. The van der Waals surface area contributed by atoms with E-state index >= 15 is 0 Å². The lowest BCUT2D eigenvalue weighted by atomic mass is 10.2. The van der Waals surface area contributed by atoms with Crippen LogP contribution in [-0.4, -0.2) is 23.0 Å². The predicted octanol–water partition coefficient (Wildman–Crippen LogP) is 2.07. The maximum Gasteiger partial charge on any atom is 0.341 e. The molecule has 0 aliphatic heterocycles. The van der Waals surface area contributed by atoms with Gasteiger partial charge in [-0.05, 0) is 18.2 Å². The molecule has 0 atom stereocenters. The number of fused-ring (bicyclic) bond motifs is 1. The number of methoxy groups -OCH3 is 1. The van der Waals surface area contributed by atoms with Crippen LogP contribution in [0.4, 0.5) is 0 Å². The van der Waals surface area contributed by atoms with E-state index in [9.17, 15) is 4.79 Å². The standard InChI is InChI=1S/C10H7ClN2O2/c1-15-10(14)7-5-6-3-2-4-12-9(6)13-8(7)11/h2-5H,1H3. The van der Waals surface area contributed by atoms with Crippen LogP contribution in [0, 0.1) is 0 Å². The molecule has 0 saturated carbocycles. The Hall–Kier alpha value is -1.68. The van der Waals surface area contributed by atoms with Gasteiger partial charge in [-0.25, -0.2) is 14.8 Å². The number of rotatable bonds is 1. The number of hydrogen-bond donors (Lipinski definition) is 0. The van der Waals surface area contributed by atoms with Crippen molar-refractivity contribution in [2.24, 2.45) is 0 Å². The Morgan fingerprint density at radius 2 is 2.33 bits per heavy atom.